The summed E-state index contributed by atoms with van der Waals surface area (Å²) >= 11 is 0. The fraction of sp³-hybridized carbons (Fsp3) is 0.438. The summed E-state index contributed by atoms with van der Waals surface area (Å²) in [7, 11) is 0. The van der Waals surface area contributed by atoms with Gasteiger partial charge in [0.05, 0.1) is 6.10 Å². The van der Waals surface area contributed by atoms with Crippen LogP contribution in [0.2, 0.25) is 0 Å². The van der Waals surface area contributed by atoms with E-state index in [1.54, 1.807) is 6.20 Å². The standard InChI is InChI=1S/C16H22N2O/c1-3-18(4-2)10-9-16(19)15-12-17-11-13-7-5-6-8-14(13)15/h5-8,11-12,16,19H,3-4,9-10H2,1-2H3. The Morgan fingerprint density at radius 3 is 2.63 bits per heavy atom. The highest BCUT2D eigenvalue weighted by molar-refractivity contribution is 5.84. The zero-order chi connectivity index (χ0) is 13.7. The number of benzene rings is 1. The van der Waals surface area contributed by atoms with Crippen LogP contribution >= 0.6 is 0 Å². The highest BCUT2D eigenvalue weighted by atomic mass is 16.3. The Morgan fingerprint density at radius 2 is 1.89 bits per heavy atom. The van der Waals surface area contributed by atoms with Gasteiger partial charge >= 0.3 is 0 Å². The number of rotatable bonds is 6. The van der Waals surface area contributed by atoms with Crippen LogP contribution in [0.5, 0.6) is 0 Å². The molecule has 1 aromatic carbocycles. The van der Waals surface area contributed by atoms with Gasteiger partial charge in [0.2, 0.25) is 0 Å². The van der Waals surface area contributed by atoms with Gasteiger partial charge in [-0.05, 0) is 24.9 Å². The van der Waals surface area contributed by atoms with E-state index in [-0.39, 0.29) is 0 Å². The molecule has 0 saturated heterocycles. The molecule has 0 aliphatic heterocycles. The van der Waals surface area contributed by atoms with E-state index in [0.29, 0.717) is 0 Å². The third-order valence-electron chi connectivity index (χ3n) is 3.67. The van der Waals surface area contributed by atoms with Crippen molar-refractivity contribution in [1.82, 2.24) is 9.88 Å². The van der Waals surface area contributed by atoms with Crippen molar-refractivity contribution >= 4 is 10.8 Å². The third-order valence-corrected chi connectivity index (χ3v) is 3.67. The first kappa shape index (κ1) is 14.0. The predicted octanol–water partition coefficient (Wildman–Crippen LogP) is 3.00. The van der Waals surface area contributed by atoms with Gasteiger partial charge in [0, 0.05) is 29.9 Å². The fourth-order valence-corrected chi connectivity index (χ4v) is 2.41. The van der Waals surface area contributed by atoms with Gasteiger partial charge in [-0.15, -0.1) is 0 Å². The smallest absolute Gasteiger partial charge is 0.0823 e. The van der Waals surface area contributed by atoms with E-state index in [0.717, 1.165) is 42.4 Å². The highest BCUT2D eigenvalue weighted by Gasteiger charge is 2.12. The van der Waals surface area contributed by atoms with E-state index in [2.05, 4.69) is 23.7 Å². The van der Waals surface area contributed by atoms with E-state index in [9.17, 15) is 5.11 Å². The SMILES string of the molecule is CCN(CC)CCC(O)c1cncc2ccccc12. The van der Waals surface area contributed by atoms with Gasteiger partial charge in [-0.25, -0.2) is 0 Å². The maximum atomic E-state index is 10.4. The van der Waals surface area contributed by atoms with Crippen molar-refractivity contribution in [2.75, 3.05) is 19.6 Å². The molecule has 102 valence electrons. The van der Waals surface area contributed by atoms with Gasteiger partial charge in [-0.1, -0.05) is 38.1 Å². The molecule has 0 bridgehead atoms. The molecule has 0 saturated carbocycles. The maximum absolute atomic E-state index is 10.4. The number of fused-ring (bicyclic) bond motifs is 1. The molecular weight excluding hydrogens is 236 g/mol. The molecule has 0 spiro atoms. The molecule has 1 N–H and O–H groups in total. The second-order valence-corrected chi connectivity index (χ2v) is 4.78. The summed E-state index contributed by atoms with van der Waals surface area (Å²) in [5.74, 6) is 0. The summed E-state index contributed by atoms with van der Waals surface area (Å²) in [4.78, 5) is 6.55. The Hall–Kier alpha value is -1.45. The molecule has 1 aromatic heterocycles. The van der Waals surface area contributed by atoms with E-state index >= 15 is 0 Å². The summed E-state index contributed by atoms with van der Waals surface area (Å²) in [5, 5.41) is 12.6. The van der Waals surface area contributed by atoms with Crippen molar-refractivity contribution in [3.05, 3.63) is 42.2 Å². The largest absolute Gasteiger partial charge is 0.388 e. The quantitative estimate of drug-likeness (QED) is 0.865. The molecule has 0 fully saturated rings. The summed E-state index contributed by atoms with van der Waals surface area (Å²) < 4.78 is 0. The van der Waals surface area contributed by atoms with Gasteiger partial charge in [0.1, 0.15) is 0 Å². The van der Waals surface area contributed by atoms with E-state index < -0.39 is 6.10 Å². The molecule has 0 aliphatic carbocycles. The number of aliphatic hydroxyl groups is 1. The van der Waals surface area contributed by atoms with Crippen LogP contribution in [-0.2, 0) is 0 Å². The molecule has 2 rings (SSSR count). The molecular formula is C16H22N2O. The minimum Gasteiger partial charge on any atom is -0.388 e. The summed E-state index contributed by atoms with van der Waals surface area (Å²) in [6, 6.07) is 8.08. The van der Waals surface area contributed by atoms with Gasteiger partial charge < -0.3 is 10.0 Å². The lowest BCUT2D eigenvalue weighted by atomic mass is 10.0. The van der Waals surface area contributed by atoms with Gasteiger partial charge in [0.15, 0.2) is 0 Å². The second kappa shape index (κ2) is 6.64. The molecule has 1 unspecified atom stereocenters. The first-order valence-electron chi connectivity index (χ1n) is 6.99. The number of aromatic nitrogens is 1. The Morgan fingerprint density at radius 1 is 1.16 bits per heavy atom. The van der Waals surface area contributed by atoms with Crippen molar-refractivity contribution in [2.24, 2.45) is 0 Å². The van der Waals surface area contributed by atoms with Crippen molar-refractivity contribution in [2.45, 2.75) is 26.4 Å². The number of aliphatic hydroxyl groups excluding tert-OH is 1. The zero-order valence-corrected chi connectivity index (χ0v) is 11.7. The average Bonchev–Trinajstić information content (AvgIpc) is 2.47. The van der Waals surface area contributed by atoms with Crippen LogP contribution in [0, 0.1) is 0 Å². The molecule has 1 atom stereocenters. The first-order valence-corrected chi connectivity index (χ1v) is 6.99. The predicted molar refractivity (Wildman–Crippen MR) is 79.1 cm³/mol. The fourth-order valence-electron chi connectivity index (χ4n) is 2.41. The topological polar surface area (TPSA) is 36.4 Å². The highest BCUT2D eigenvalue weighted by Crippen LogP contribution is 2.25. The Balaban J connectivity index is 2.15. The first-order chi connectivity index (χ1) is 9.26. The van der Waals surface area contributed by atoms with Crippen LogP contribution in [0.25, 0.3) is 10.8 Å². The lowest BCUT2D eigenvalue weighted by molar-refractivity contribution is 0.146. The van der Waals surface area contributed by atoms with Crippen LogP contribution in [0.4, 0.5) is 0 Å². The van der Waals surface area contributed by atoms with Gasteiger partial charge in [-0.3, -0.25) is 4.98 Å². The molecule has 0 radical (unpaired) electrons. The average molecular weight is 258 g/mol. The molecule has 3 heteroatoms. The van der Waals surface area contributed by atoms with Crippen LogP contribution in [0.15, 0.2) is 36.7 Å². The normalized spacial score (nSPS) is 13.1. The van der Waals surface area contributed by atoms with Crippen molar-refractivity contribution in [3.63, 3.8) is 0 Å². The summed E-state index contributed by atoms with van der Waals surface area (Å²) in [6.07, 6.45) is 3.93. The molecule has 2 aromatic rings. The zero-order valence-electron chi connectivity index (χ0n) is 11.7. The van der Waals surface area contributed by atoms with Crippen molar-refractivity contribution < 1.29 is 5.11 Å². The van der Waals surface area contributed by atoms with Crippen LogP contribution in [0.3, 0.4) is 0 Å². The number of pyridine rings is 1. The second-order valence-electron chi connectivity index (χ2n) is 4.78. The van der Waals surface area contributed by atoms with Crippen LogP contribution in [-0.4, -0.2) is 34.6 Å². The lowest BCUT2D eigenvalue weighted by Crippen LogP contribution is -2.25. The van der Waals surface area contributed by atoms with Crippen LogP contribution < -0.4 is 0 Å². The Bertz CT molecular complexity index is 518. The Kier molecular flexibility index (Phi) is 4.88. The monoisotopic (exact) mass is 258 g/mol. The lowest BCUT2D eigenvalue weighted by Gasteiger charge is -2.20. The Labute approximate surface area is 114 Å². The van der Waals surface area contributed by atoms with E-state index in [4.69, 9.17) is 0 Å². The number of hydrogen-bond donors (Lipinski definition) is 1. The third kappa shape index (κ3) is 3.31. The molecule has 1 heterocycles. The molecule has 3 nitrogen and oxygen atoms in total. The van der Waals surface area contributed by atoms with Gasteiger partial charge in [-0.2, -0.15) is 0 Å². The number of hydrogen-bond acceptors (Lipinski definition) is 3. The van der Waals surface area contributed by atoms with Gasteiger partial charge in [0.25, 0.3) is 0 Å². The minimum atomic E-state index is -0.445. The molecule has 19 heavy (non-hydrogen) atoms. The van der Waals surface area contributed by atoms with Crippen LogP contribution in [0.1, 0.15) is 31.9 Å². The molecule has 0 aliphatic rings. The van der Waals surface area contributed by atoms with Crippen molar-refractivity contribution in [1.29, 1.82) is 0 Å². The maximum Gasteiger partial charge on any atom is 0.0823 e. The van der Waals surface area contributed by atoms with E-state index in [1.807, 2.05) is 30.5 Å². The minimum absolute atomic E-state index is 0.445. The number of nitrogens with zero attached hydrogens (tertiary/aromatic N) is 2. The molecule has 0 amide bonds. The summed E-state index contributed by atoms with van der Waals surface area (Å²) in [5.41, 5.74) is 0.935. The van der Waals surface area contributed by atoms with Crippen molar-refractivity contribution in [3.8, 4) is 0 Å². The summed E-state index contributed by atoms with van der Waals surface area (Å²) in [6.45, 7) is 7.26. The van der Waals surface area contributed by atoms with E-state index in [1.165, 1.54) is 0 Å².